The highest BCUT2D eigenvalue weighted by Gasteiger charge is 2.50. The summed E-state index contributed by atoms with van der Waals surface area (Å²) >= 11 is 0. The highest BCUT2D eigenvalue weighted by molar-refractivity contribution is 6.04. The van der Waals surface area contributed by atoms with Gasteiger partial charge < -0.3 is 20.3 Å². The summed E-state index contributed by atoms with van der Waals surface area (Å²) in [6, 6.07) is 28.2. The number of rotatable bonds is 10. The molecule has 0 saturated carbocycles. The Morgan fingerprint density at radius 1 is 0.959 bits per heavy atom. The van der Waals surface area contributed by atoms with E-state index in [1.165, 1.54) is 11.1 Å². The van der Waals surface area contributed by atoms with Crippen molar-refractivity contribution < 1.29 is 19.1 Å². The second-order valence-corrected chi connectivity index (χ2v) is 13.2. The normalized spacial score (nSPS) is 19.0. The van der Waals surface area contributed by atoms with Crippen molar-refractivity contribution in [3.05, 3.63) is 126 Å². The molecule has 4 aromatic carbocycles. The number of aromatic nitrogens is 2. The van der Waals surface area contributed by atoms with Crippen molar-refractivity contribution in [2.75, 3.05) is 5.32 Å². The van der Waals surface area contributed by atoms with Crippen LogP contribution in [0.5, 0.6) is 5.75 Å². The highest BCUT2D eigenvalue weighted by atomic mass is 16.5. The van der Waals surface area contributed by atoms with Crippen molar-refractivity contribution in [1.82, 2.24) is 20.0 Å². The predicted molar refractivity (Wildman–Crippen MR) is 189 cm³/mol. The second kappa shape index (κ2) is 13.6. The number of nitrogens with one attached hydrogen (secondary N) is 2. The van der Waals surface area contributed by atoms with Crippen molar-refractivity contribution in [2.24, 2.45) is 18.9 Å². The largest absolute Gasteiger partial charge is 0.487 e. The molecule has 0 spiro atoms. The average molecular weight is 656 g/mol. The van der Waals surface area contributed by atoms with E-state index >= 15 is 0 Å². The molecule has 4 atom stereocenters. The Morgan fingerprint density at radius 2 is 1.65 bits per heavy atom. The zero-order chi connectivity index (χ0) is 34.1. The number of carbonyl (C=O) groups is 3. The lowest BCUT2D eigenvalue weighted by molar-refractivity contribution is -0.158. The van der Waals surface area contributed by atoms with Crippen LogP contribution in [0.15, 0.2) is 103 Å². The van der Waals surface area contributed by atoms with E-state index in [9.17, 15) is 14.4 Å². The molecule has 1 aliphatic heterocycles. The van der Waals surface area contributed by atoms with Crippen LogP contribution in [0, 0.1) is 11.8 Å². The van der Waals surface area contributed by atoms with E-state index in [1.54, 1.807) is 21.8 Å². The fourth-order valence-electron chi connectivity index (χ4n) is 7.34. The molecule has 7 rings (SSSR count). The smallest absolute Gasteiger partial charge is 0.251 e. The molecule has 1 fully saturated rings. The van der Waals surface area contributed by atoms with E-state index in [0.29, 0.717) is 42.9 Å². The molecule has 0 bridgehead atoms. The number of ether oxygens (including phenoxy) is 1. The number of anilines is 1. The van der Waals surface area contributed by atoms with Gasteiger partial charge in [-0.05, 0) is 71.2 Å². The molecule has 9 heteroatoms. The third-order valence-corrected chi connectivity index (χ3v) is 10.1. The molecule has 5 aromatic rings. The summed E-state index contributed by atoms with van der Waals surface area (Å²) in [4.78, 5) is 45.4. The molecule has 0 radical (unpaired) electrons. The number of nitrogens with zero attached hydrogens (tertiary/aromatic N) is 3. The standard InChI is InChI=1S/C40H41N5O4/c1-4-25(2)36-38(46)43-35(30-20-27-14-8-9-15-28(27)21-30)40(48)45(36)37(29-18-19-33-31(22-29)23-41-44(33)3)39(47)42-32-16-10-11-17-34(32)49-24-26-12-6-5-7-13-26/h5-19,22-23,25,30,35-37H,4,20-21,24H2,1-3H3,(H,42,47)(H,43,46). The Labute approximate surface area is 286 Å². The zero-order valence-corrected chi connectivity index (χ0v) is 28.0. The van der Waals surface area contributed by atoms with Crippen molar-refractivity contribution in [3.8, 4) is 5.75 Å². The predicted octanol–water partition coefficient (Wildman–Crippen LogP) is 5.99. The van der Waals surface area contributed by atoms with E-state index in [2.05, 4.69) is 27.9 Å². The summed E-state index contributed by atoms with van der Waals surface area (Å²) in [5.74, 6) is -0.729. The first-order valence-corrected chi connectivity index (χ1v) is 17.0. The number of hydrogen-bond donors (Lipinski definition) is 2. The fraction of sp³-hybridized carbons (Fsp3) is 0.300. The Bertz CT molecular complexity index is 1980. The maximum Gasteiger partial charge on any atom is 0.251 e. The Balaban J connectivity index is 1.28. The highest BCUT2D eigenvalue weighted by Crippen LogP contribution is 2.38. The number of fused-ring (bicyclic) bond motifs is 2. The third-order valence-electron chi connectivity index (χ3n) is 10.1. The first-order chi connectivity index (χ1) is 23.8. The molecule has 2 aliphatic rings. The van der Waals surface area contributed by atoms with Crippen LogP contribution in [0.2, 0.25) is 0 Å². The quantitative estimate of drug-likeness (QED) is 0.192. The van der Waals surface area contributed by atoms with Gasteiger partial charge in [0.25, 0.3) is 5.91 Å². The fourth-order valence-corrected chi connectivity index (χ4v) is 7.34. The molecule has 3 amide bonds. The summed E-state index contributed by atoms with van der Waals surface area (Å²) in [7, 11) is 1.86. The Hall–Kier alpha value is -5.44. The van der Waals surface area contributed by atoms with Gasteiger partial charge in [0, 0.05) is 12.4 Å². The number of piperazine rings is 1. The van der Waals surface area contributed by atoms with Gasteiger partial charge in [-0.1, -0.05) is 93.1 Å². The van der Waals surface area contributed by atoms with Gasteiger partial charge in [0.2, 0.25) is 11.8 Å². The summed E-state index contributed by atoms with van der Waals surface area (Å²) in [5.41, 5.74) is 5.35. The van der Waals surface area contributed by atoms with Crippen LogP contribution < -0.4 is 15.4 Å². The minimum absolute atomic E-state index is 0.120. The van der Waals surface area contributed by atoms with Crippen LogP contribution in [-0.2, 0) is 40.9 Å². The second-order valence-electron chi connectivity index (χ2n) is 13.2. The summed E-state index contributed by atoms with van der Waals surface area (Å²) < 4.78 is 7.94. The van der Waals surface area contributed by atoms with E-state index in [1.807, 2.05) is 99.8 Å². The van der Waals surface area contributed by atoms with Crippen molar-refractivity contribution in [3.63, 3.8) is 0 Å². The number of para-hydroxylation sites is 2. The van der Waals surface area contributed by atoms with Crippen LogP contribution in [0.1, 0.15) is 48.6 Å². The van der Waals surface area contributed by atoms with Crippen molar-refractivity contribution in [1.29, 1.82) is 0 Å². The van der Waals surface area contributed by atoms with Gasteiger partial charge in [0.1, 0.15) is 30.5 Å². The maximum absolute atomic E-state index is 14.9. The van der Waals surface area contributed by atoms with Gasteiger partial charge in [-0.25, -0.2) is 0 Å². The topological polar surface area (TPSA) is 106 Å². The molecule has 1 aromatic heterocycles. The van der Waals surface area contributed by atoms with E-state index in [0.717, 1.165) is 16.5 Å². The third kappa shape index (κ3) is 6.28. The van der Waals surface area contributed by atoms with Gasteiger partial charge in [0.05, 0.1) is 17.4 Å². The monoisotopic (exact) mass is 655 g/mol. The van der Waals surface area contributed by atoms with E-state index in [4.69, 9.17) is 4.74 Å². The average Bonchev–Trinajstić information content (AvgIpc) is 3.72. The number of hydrogen-bond acceptors (Lipinski definition) is 5. The summed E-state index contributed by atoms with van der Waals surface area (Å²) in [6.07, 6.45) is 3.75. The molecular formula is C40H41N5O4. The number of carbonyl (C=O) groups excluding carboxylic acids is 3. The van der Waals surface area contributed by atoms with Crippen LogP contribution in [-0.4, -0.2) is 44.5 Å². The molecule has 4 unspecified atom stereocenters. The molecule has 1 aliphatic carbocycles. The van der Waals surface area contributed by atoms with E-state index in [-0.39, 0.29) is 23.7 Å². The van der Waals surface area contributed by atoms with Gasteiger partial charge in [-0.2, -0.15) is 5.10 Å². The number of amides is 3. The van der Waals surface area contributed by atoms with Crippen molar-refractivity contribution in [2.45, 2.75) is 57.8 Å². The Morgan fingerprint density at radius 3 is 2.39 bits per heavy atom. The van der Waals surface area contributed by atoms with Crippen LogP contribution in [0.25, 0.3) is 10.9 Å². The van der Waals surface area contributed by atoms with Gasteiger partial charge >= 0.3 is 0 Å². The minimum Gasteiger partial charge on any atom is -0.487 e. The molecule has 9 nitrogen and oxygen atoms in total. The van der Waals surface area contributed by atoms with Crippen molar-refractivity contribution >= 4 is 34.3 Å². The first-order valence-electron chi connectivity index (χ1n) is 17.0. The number of benzene rings is 4. The van der Waals surface area contributed by atoms with Crippen LogP contribution in [0.3, 0.4) is 0 Å². The van der Waals surface area contributed by atoms with Gasteiger partial charge in [0.15, 0.2) is 0 Å². The summed E-state index contributed by atoms with van der Waals surface area (Å²) in [5, 5.41) is 11.4. The molecular weight excluding hydrogens is 614 g/mol. The first kappa shape index (κ1) is 32.1. The summed E-state index contributed by atoms with van der Waals surface area (Å²) in [6.45, 7) is 4.28. The minimum atomic E-state index is -1.10. The SMILES string of the molecule is CCC(C)C1C(=O)NC(C2Cc3ccccc3C2)C(=O)N1C(C(=O)Nc1ccccc1OCc1ccccc1)c1ccc2c(cnn2C)c1. The molecule has 1 saturated heterocycles. The molecule has 2 heterocycles. The van der Waals surface area contributed by atoms with E-state index < -0.39 is 24.0 Å². The molecule has 250 valence electrons. The molecule has 49 heavy (non-hydrogen) atoms. The van der Waals surface area contributed by atoms with Gasteiger partial charge in [-0.15, -0.1) is 0 Å². The maximum atomic E-state index is 14.9. The Kier molecular flexibility index (Phi) is 8.91. The van der Waals surface area contributed by atoms with Crippen LogP contribution in [0.4, 0.5) is 5.69 Å². The number of aryl methyl sites for hydroxylation is 1. The lowest BCUT2D eigenvalue weighted by atomic mass is 9.85. The lowest BCUT2D eigenvalue weighted by Crippen LogP contribution is -2.68. The van der Waals surface area contributed by atoms with Gasteiger partial charge in [-0.3, -0.25) is 19.1 Å². The lowest BCUT2D eigenvalue weighted by Gasteiger charge is -2.46. The zero-order valence-electron chi connectivity index (χ0n) is 28.0. The van der Waals surface area contributed by atoms with Crippen LogP contribution >= 0.6 is 0 Å². The molecule has 2 N–H and O–H groups in total.